The maximum Gasteiger partial charge on any atom is 0.226 e. The summed E-state index contributed by atoms with van der Waals surface area (Å²) >= 11 is 0. The highest BCUT2D eigenvalue weighted by Crippen LogP contribution is 2.40. The summed E-state index contributed by atoms with van der Waals surface area (Å²) in [6, 6.07) is 18.3. The number of aromatic nitrogens is 3. The van der Waals surface area contributed by atoms with E-state index in [0.29, 0.717) is 18.2 Å². The van der Waals surface area contributed by atoms with E-state index in [9.17, 15) is 4.79 Å². The lowest BCUT2D eigenvalue weighted by atomic mass is 9.85. The van der Waals surface area contributed by atoms with Crippen molar-refractivity contribution in [3.8, 4) is 11.4 Å². The molecule has 1 N–H and O–H groups in total. The summed E-state index contributed by atoms with van der Waals surface area (Å²) < 4.78 is 1.88. The summed E-state index contributed by atoms with van der Waals surface area (Å²) in [6.07, 6.45) is 2.33. The second-order valence-corrected chi connectivity index (χ2v) is 8.03. The molecule has 5 rings (SSSR count). The molecule has 158 valence electrons. The van der Waals surface area contributed by atoms with Crippen molar-refractivity contribution in [2.24, 2.45) is 0 Å². The predicted octanol–water partition coefficient (Wildman–Crippen LogP) is 4.81. The van der Waals surface area contributed by atoms with Gasteiger partial charge in [-0.3, -0.25) is 4.79 Å². The summed E-state index contributed by atoms with van der Waals surface area (Å²) in [5.74, 6) is 1.57. The third-order valence-corrected chi connectivity index (χ3v) is 6.24. The van der Waals surface area contributed by atoms with E-state index in [-0.39, 0.29) is 11.8 Å². The fraction of sp³-hybridized carbons (Fsp3) is 0.320. The standard InChI is InChI=1S/C25H27N5O/c1-3-29(4-2)19-15-13-18(14-16-19)24-27-25-26-20-11-8-12-21(31)22(20)23(30(25)28-24)17-9-6-5-7-10-17/h5-7,9-10,13-16,23H,3-4,8,11-12H2,1-2H3,(H,26,27,28). The lowest BCUT2D eigenvalue weighted by Gasteiger charge is -2.32. The molecule has 1 aliphatic heterocycles. The van der Waals surface area contributed by atoms with Crippen molar-refractivity contribution in [2.75, 3.05) is 23.3 Å². The average molecular weight is 414 g/mol. The van der Waals surface area contributed by atoms with Gasteiger partial charge in [-0.1, -0.05) is 30.3 Å². The molecule has 1 atom stereocenters. The Hall–Kier alpha value is -3.41. The molecule has 0 saturated carbocycles. The number of rotatable bonds is 5. The lowest BCUT2D eigenvalue weighted by molar-refractivity contribution is -0.116. The number of allylic oxidation sites excluding steroid dienone is 2. The van der Waals surface area contributed by atoms with E-state index in [0.717, 1.165) is 48.3 Å². The first-order chi connectivity index (χ1) is 15.2. The third kappa shape index (κ3) is 3.42. The highest BCUT2D eigenvalue weighted by molar-refractivity contribution is 5.99. The van der Waals surface area contributed by atoms with Crippen molar-refractivity contribution in [1.29, 1.82) is 0 Å². The molecule has 3 aromatic rings. The van der Waals surface area contributed by atoms with E-state index >= 15 is 0 Å². The summed E-state index contributed by atoms with van der Waals surface area (Å²) in [5, 5.41) is 8.27. The summed E-state index contributed by atoms with van der Waals surface area (Å²) in [4.78, 5) is 20.0. The Balaban J connectivity index is 1.56. The van der Waals surface area contributed by atoms with E-state index in [2.05, 4.69) is 60.5 Å². The molecule has 6 nitrogen and oxygen atoms in total. The van der Waals surface area contributed by atoms with Crippen LogP contribution in [0.25, 0.3) is 11.4 Å². The van der Waals surface area contributed by atoms with Gasteiger partial charge >= 0.3 is 0 Å². The molecule has 31 heavy (non-hydrogen) atoms. The monoisotopic (exact) mass is 413 g/mol. The van der Waals surface area contributed by atoms with Gasteiger partial charge in [0.15, 0.2) is 11.6 Å². The Morgan fingerprint density at radius 3 is 2.48 bits per heavy atom. The van der Waals surface area contributed by atoms with Crippen LogP contribution >= 0.6 is 0 Å². The molecule has 1 aromatic heterocycles. The minimum atomic E-state index is -0.239. The van der Waals surface area contributed by atoms with Crippen molar-refractivity contribution in [3.63, 3.8) is 0 Å². The van der Waals surface area contributed by atoms with Crippen LogP contribution in [0, 0.1) is 0 Å². The maximum atomic E-state index is 12.9. The zero-order valence-electron chi connectivity index (χ0n) is 18.0. The molecular weight excluding hydrogens is 386 g/mol. The minimum Gasteiger partial charge on any atom is -0.372 e. The van der Waals surface area contributed by atoms with Gasteiger partial charge in [-0.05, 0) is 56.5 Å². The van der Waals surface area contributed by atoms with Gasteiger partial charge in [0.1, 0.15) is 6.04 Å². The number of carbonyl (C=O) groups excluding carboxylic acids is 1. The van der Waals surface area contributed by atoms with Gasteiger partial charge in [0.25, 0.3) is 0 Å². The van der Waals surface area contributed by atoms with Crippen LogP contribution in [0.4, 0.5) is 11.6 Å². The van der Waals surface area contributed by atoms with Crippen molar-refractivity contribution >= 4 is 17.4 Å². The topological polar surface area (TPSA) is 63.1 Å². The van der Waals surface area contributed by atoms with Gasteiger partial charge in [-0.25, -0.2) is 4.68 Å². The molecule has 2 aromatic carbocycles. The summed E-state index contributed by atoms with van der Waals surface area (Å²) in [6.45, 7) is 6.27. The Labute approximate surface area is 182 Å². The smallest absolute Gasteiger partial charge is 0.226 e. The zero-order chi connectivity index (χ0) is 21.4. The predicted molar refractivity (Wildman–Crippen MR) is 123 cm³/mol. The van der Waals surface area contributed by atoms with Gasteiger partial charge in [0, 0.05) is 42.0 Å². The molecule has 1 unspecified atom stereocenters. The molecule has 0 bridgehead atoms. The van der Waals surface area contributed by atoms with E-state index < -0.39 is 0 Å². The van der Waals surface area contributed by atoms with Gasteiger partial charge < -0.3 is 10.2 Å². The van der Waals surface area contributed by atoms with E-state index in [1.807, 2.05) is 22.9 Å². The SMILES string of the molecule is CCN(CC)c1ccc(-c2nc3n(n2)C(c2ccccc2)C2=C(CCCC2=O)N3)cc1. The number of fused-ring (bicyclic) bond motifs is 1. The fourth-order valence-electron chi connectivity index (χ4n) is 4.63. The van der Waals surface area contributed by atoms with Crippen LogP contribution in [0.5, 0.6) is 0 Å². The largest absolute Gasteiger partial charge is 0.372 e. The molecule has 0 amide bonds. The molecule has 0 spiro atoms. The highest BCUT2D eigenvalue weighted by atomic mass is 16.1. The normalized spacial score (nSPS) is 17.7. The minimum absolute atomic E-state index is 0.203. The molecule has 2 aliphatic rings. The molecular formula is C25H27N5O. The van der Waals surface area contributed by atoms with E-state index in [4.69, 9.17) is 10.1 Å². The number of carbonyl (C=O) groups is 1. The number of nitrogens with one attached hydrogen (secondary N) is 1. The molecule has 0 radical (unpaired) electrons. The average Bonchev–Trinajstić information content (AvgIpc) is 3.23. The van der Waals surface area contributed by atoms with Crippen molar-refractivity contribution in [2.45, 2.75) is 39.2 Å². The molecule has 6 heteroatoms. The van der Waals surface area contributed by atoms with Gasteiger partial charge in [-0.15, -0.1) is 5.10 Å². The van der Waals surface area contributed by atoms with Crippen molar-refractivity contribution < 1.29 is 4.79 Å². The molecule has 1 aliphatic carbocycles. The van der Waals surface area contributed by atoms with Crippen LogP contribution in [-0.4, -0.2) is 33.6 Å². The number of Topliss-reactive ketones (excluding diaryl/α,β-unsaturated/α-hetero) is 1. The van der Waals surface area contributed by atoms with Crippen LogP contribution in [0.2, 0.25) is 0 Å². The van der Waals surface area contributed by atoms with Crippen LogP contribution in [-0.2, 0) is 4.79 Å². The van der Waals surface area contributed by atoms with E-state index in [1.165, 1.54) is 5.69 Å². The Morgan fingerprint density at radius 1 is 1.03 bits per heavy atom. The van der Waals surface area contributed by atoms with Crippen molar-refractivity contribution in [3.05, 3.63) is 71.4 Å². The van der Waals surface area contributed by atoms with Gasteiger partial charge in [0.2, 0.25) is 5.95 Å². The number of nitrogens with zero attached hydrogens (tertiary/aromatic N) is 4. The highest BCUT2D eigenvalue weighted by Gasteiger charge is 2.36. The lowest BCUT2D eigenvalue weighted by Crippen LogP contribution is -2.31. The number of hydrogen-bond donors (Lipinski definition) is 1. The van der Waals surface area contributed by atoms with E-state index in [1.54, 1.807) is 0 Å². The zero-order valence-corrected chi connectivity index (χ0v) is 18.0. The van der Waals surface area contributed by atoms with Crippen LogP contribution in [0.3, 0.4) is 0 Å². The third-order valence-electron chi connectivity index (χ3n) is 6.24. The Morgan fingerprint density at radius 2 is 1.77 bits per heavy atom. The number of hydrogen-bond acceptors (Lipinski definition) is 5. The Bertz CT molecular complexity index is 1130. The van der Waals surface area contributed by atoms with Crippen molar-refractivity contribution in [1.82, 2.24) is 14.8 Å². The first-order valence-electron chi connectivity index (χ1n) is 11.1. The second kappa shape index (κ2) is 8.02. The van der Waals surface area contributed by atoms with Gasteiger partial charge in [-0.2, -0.15) is 4.98 Å². The molecule has 2 heterocycles. The first kappa shape index (κ1) is 19.5. The number of anilines is 2. The number of benzene rings is 2. The first-order valence-corrected chi connectivity index (χ1v) is 11.1. The van der Waals surface area contributed by atoms with Gasteiger partial charge in [0.05, 0.1) is 0 Å². The summed E-state index contributed by atoms with van der Waals surface area (Å²) in [5.41, 5.74) is 5.05. The van der Waals surface area contributed by atoms with Crippen LogP contribution in [0.1, 0.15) is 44.7 Å². The quantitative estimate of drug-likeness (QED) is 0.650. The second-order valence-electron chi connectivity index (χ2n) is 8.03. The fourth-order valence-corrected chi connectivity index (χ4v) is 4.63. The maximum absolute atomic E-state index is 12.9. The Kier molecular flexibility index (Phi) is 5.06. The van der Waals surface area contributed by atoms with Crippen LogP contribution in [0.15, 0.2) is 65.9 Å². The number of ketones is 1. The molecule has 0 saturated heterocycles. The van der Waals surface area contributed by atoms with Crippen LogP contribution < -0.4 is 10.2 Å². The molecule has 0 fully saturated rings. The summed E-state index contributed by atoms with van der Waals surface area (Å²) in [7, 11) is 0.